The number of hydrogen-bond donors (Lipinski definition) is 0. The van der Waals surface area contributed by atoms with Crippen LogP contribution in [0, 0.1) is 20.8 Å². The number of carbonyl (C=O) groups excluding carboxylic acids is 3. The Morgan fingerprint density at radius 2 is 1.75 bits per heavy atom. The van der Waals surface area contributed by atoms with Crippen LogP contribution in [-0.4, -0.2) is 46.8 Å². The topological polar surface area (TPSA) is 68.6 Å². The van der Waals surface area contributed by atoms with Gasteiger partial charge >= 0.3 is 5.97 Å². The van der Waals surface area contributed by atoms with Gasteiger partial charge in [0.2, 0.25) is 0 Å². The van der Waals surface area contributed by atoms with Crippen LogP contribution in [0.1, 0.15) is 61.9 Å². The number of Topliss-reactive ketones (excluding diaryl/α,β-unsaturated/α-hetero) is 1. The van der Waals surface area contributed by atoms with Crippen molar-refractivity contribution in [1.29, 1.82) is 0 Å². The zero-order chi connectivity index (χ0) is 21.2. The second kappa shape index (κ2) is 8.42. The molecule has 0 radical (unpaired) electrons. The summed E-state index contributed by atoms with van der Waals surface area (Å²) in [4.78, 5) is 39.8. The van der Waals surface area contributed by atoms with E-state index in [-0.39, 0.29) is 18.3 Å². The lowest BCUT2D eigenvalue weighted by Crippen LogP contribution is -2.41. The fourth-order valence-electron chi connectivity index (χ4n) is 3.39. The molecule has 0 fully saturated rings. The van der Waals surface area contributed by atoms with Gasteiger partial charge in [0.25, 0.3) is 5.91 Å². The fraction of sp³-hybridized carbons (Fsp3) is 0.409. The molecule has 0 aliphatic rings. The average molecular weight is 384 g/mol. The van der Waals surface area contributed by atoms with Crippen molar-refractivity contribution in [2.45, 2.75) is 40.7 Å². The van der Waals surface area contributed by atoms with E-state index < -0.39 is 12.0 Å². The number of benzene rings is 1. The first kappa shape index (κ1) is 21.4. The lowest BCUT2D eigenvalue weighted by molar-refractivity contribution is 0.0514. The van der Waals surface area contributed by atoms with Gasteiger partial charge in [-0.15, -0.1) is 0 Å². The summed E-state index contributed by atoms with van der Waals surface area (Å²) in [5, 5.41) is 0. The summed E-state index contributed by atoms with van der Waals surface area (Å²) in [6.07, 6.45) is 0. The molecule has 0 spiro atoms. The minimum absolute atomic E-state index is 0.203. The van der Waals surface area contributed by atoms with Crippen molar-refractivity contribution in [2.24, 2.45) is 7.05 Å². The number of ether oxygens (including phenoxy) is 1. The molecule has 28 heavy (non-hydrogen) atoms. The molecular formula is C22H28N2O4. The highest BCUT2D eigenvalue weighted by Gasteiger charge is 2.31. The van der Waals surface area contributed by atoms with Crippen LogP contribution in [0.5, 0.6) is 0 Å². The highest BCUT2D eigenvalue weighted by Crippen LogP contribution is 2.25. The molecule has 2 rings (SSSR count). The Morgan fingerprint density at radius 3 is 2.32 bits per heavy atom. The number of amides is 1. The Balaban J connectivity index is 2.38. The van der Waals surface area contributed by atoms with Crippen LogP contribution in [-0.2, 0) is 11.8 Å². The monoisotopic (exact) mass is 384 g/mol. The summed E-state index contributed by atoms with van der Waals surface area (Å²) >= 11 is 0. The molecule has 150 valence electrons. The van der Waals surface area contributed by atoms with E-state index >= 15 is 0 Å². The standard InChI is InChI=1S/C22H28N2O4/c1-8-28-22(27)19-14(3)18(15(4)23(19)6)20(25)16(5)24(7)21(26)17-12-10-9-11-13(17)2/h9-12,16H,8H2,1-7H3/t16-/m1/s1. The number of rotatable bonds is 6. The summed E-state index contributed by atoms with van der Waals surface area (Å²) in [5.41, 5.74) is 3.50. The molecule has 0 aliphatic heterocycles. The summed E-state index contributed by atoms with van der Waals surface area (Å²) in [6, 6.07) is 6.61. The Morgan fingerprint density at radius 1 is 1.14 bits per heavy atom. The molecule has 0 aliphatic carbocycles. The maximum Gasteiger partial charge on any atom is 0.355 e. The van der Waals surface area contributed by atoms with E-state index in [1.165, 1.54) is 4.90 Å². The van der Waals surface area contributed by atoms with Crippen LogP contribution in [0.2, 0.25) is 0 Å². The minimum Gasteiger partial charge on any atom is -0.461 e. The van der Waals surface area contributed by atoms with Gasteiger partial charge in [-0.05, 0) is 51.8 Å². The Bertz CT molecular complexity index is 927. The third kappa shape index (κ3) is 3.72. The van der Waals surface area contributed by atoms with Crippen molar-refractivity contribution in [3.8, 4) is 0 Å². The molecule has 0 saturated carbocycles. The number of aromatic nitrogens is 1. The first-order chi connectivity index (χ1) is 13.1. The number of esters is 1. The zero-order valence-electron chi connectivity index (χ0n) is 17.6. The van der Waals surface area contributed by atoms with Crippen LogP contribution >= 0.6 is 0 Å². The summed E-state index contributed by atoms with van der Waals surface area (Å²) in [6.45, 7) is 9.10. The second-order valence-electron chi connectivity index (χ2n) is 6.98. The second-order valence-corrected chi connectivity index (χ2v) is 6.98. The SMILES string of the molecule is CCOC(=O)c1c(C)c(C(=O)[C@@H](C)N(C)C(=O)c2ccccc2C)c(C)n1C. The molecule has 1 amide bonds. The van der Waals surface area contributed by atoms with E-state index in [1.54, 1.807) is 58.5 Å². The number of nitrogens with zero attached hydrogens (tertiary/aromatic N) is 2. The van der Waals surface area contributed by atoms with Crippen LogP contribution < -0.4 is 0 Å². The molecule has 0 N–H and O–H groups in total. The van der Waals surface area contributed by atoms with Gasteiger partial charge in [0.15, 0.2) is 5.78 Å². The number of aryl methyl sites for hydroxylation is 1. The molecule has 1 aromatic heterocycles. The van der Waals surface area contributed by atoms with Gasteiger partial charge < -0.3 is 14.2 Å². The lowest BCUT2D eigenvalue weighted by atomic mass is 9.99. The Hall–Kier alpha value is -2.89. The van der Waals surface area contributed by atoms with Crippen molar-refractivity contribution in [3.63, 3.8) is 0 Å². The summed E-state index contributed by atoms with van der Waals surface area (Å²) in [5.74, 6) is -0.872. The van der Waals surface area contributed by atoms with Crippen LogP contribution in [0.4, 0.5) is 0 Å². The molecule has 6 nitrogen and oxygen atoms in total. The molecule has 1 heterocycles. The molecule has 2 aromatic rings. The van der Waals surface area contributed by atoms with E-state index in [2.05, 4.69) is 0 Å². The molecule has 0 unspecified atom stereocenters. The minimum atomic E-state index is -0.679. The quantitative estimate of drug-likeness (QED) is 0.565. The zero-order valence-corrected chi connectivity index (χ0v) is 17.6. The van der Waals surface area contributed by atoms with Crippen LogP contribution in [0.15, 0.2) is 24.3 Å². The average Bonchev–Trinajstić information content (AvgIpc) is 2.88. The van der Waals surface area contributed by atoms with Crippen LogP contribution in [0.25, 0.3) is 0 Å². The fourth-order valence-corrected chi connectivity index (χ4v) is 3.39. The van der Waals surface area contributed by atoms with Gasteiger partial charge in [-0.2, -0.15) is 0 Å². The van der Waals surface area contributed by atoms with Gasteiger partial charge in [0, 0.05) is 30.9 Å². The highest BCUT2D eigenvalue weighted by atomic mass is 16.5. The van der Waals surface area contributed by atoms with Gasteiger partial charge in [0.1, 0.15) is 5.69 Å². The van der Waals surface area contributed by atoms with Crippen molar-refractivity contribution in [3.05, 3.63) is 57.9 Å². The lowest BCUT2D eigenvalue weighted by Gasteiger charge is -2.25. The number of likely N-dealkylation sites (N-methyl/N-ethyl adjacent to an activating group) is 1. The van der Waals surface area contributed by atoms with E-state index in [0.717, 1.165) is 5.56 Å². The third-order valence-electron chi connectivity index (χ3n) is 5.30. The summed E-state index contributed by atoms with van der Waals surface area (Å²) < 4.78 is 6.80. The van der Waals surface area contributed by atoms with E-state index in [1.807, 2.05) is 19.1 Å². The molecule has 1 aromatic carbocycles. The van der Waals surface area contributed by atoms with E-state index in [9.17, 15) is 14.4 Å². The Labute approximate surface area is 166 Å². The first-order valence-electron chi connectivity index (χ1n) is 9.33. The van der Waals surface area contributed by atoms with Crippen molar-refractivity contribution >= 4 is 17.7 Å². The normalized spacial score (nSPS) is 11.8. The Kier molecular flexibility index (Phi) is 6.44. The summed E-state index contributed by atoms with van der Waals surface area (Å²) in [7, 11) is 3.36. The van der Waals surface area contributed by atoms with Crippen molar-refractivity contribution in [2.75, 3.05) is 13.7 Å². The smallest absolute Gasteiger partial charge is 0.355 e. The van der Waals surface area contributed by atoms with Gasteiger partial charge in [-0.25, -0.2) is 4.79 Å². The number of carbonyl (C=O) groups is 3. The van der Waals surface area contributed by atoms with E-state index in [0.29, 0.717) is 28.1 Å². The molecule has 6 heteroatoms. The predicted octanol–water partition coefficient (Wildman–Crippen LogP) is 3.47. The molecule has 0 saturated heterocycles. The largest absolute Gasteiger partial charge is 0.461 e. The van der Waals surface area contributed by atoms with E-state index in [4.69, 9.17) is 4.74 Å². The van der Waals surface area contributed by atoms with Crippen LogP contribution in [0.3, 0.4) is 0 Å². The van der Waals surface area contributed by atoms with Gasteiger partial charge in [-0.3, -0.25) is 9.59 Å². The first-order valence-corrected chi connectivity index (χ1v) is 9.33. The number of hydrogen-bond acceptors (Lipinski definition) is 4. The van der Waals surface area contributed by atoms with Gasteiger partial charge in [0.05, 0.1) is 12.6 Å². The van der Waals surface area contributed by atoms with Crippen molar-refractivity contribution in [1.82, 2.24) is 9.47 Å². The maximum absolute atomic E-state index is 13.2. The van der Waals surface area contributed by atoms with Crippen molar-refractivity contribution < 1.29 is 19.1 Å². The van der Waals surface area contributed by atoms with Gasteiger partial charge in [-0.1, -0.05) is 18.2 Å². The number of ketones is 1. The highest BCUT2D eigenvalue weighted by molar-refractivity contribution is 6.07. The predicted molar refractivity (Wildman–Crippen MR) is 108 cm³/mol. The maximum atomic E-state index is 13.2. The molecular weight excluding hydrogens is 356 g/mol. The molecule has 0 bridgehead atoms. The third-order valence-corrected chi connectivity index (χ3v) is 5.30. The molecule has 1 atom stereocenters.